The maximum Gasteiger partial charge on any atom is 0.135 e. The van der Waals surface area contributed by atoms with Crippen molar-refractivity contribution in [2.45, 2.75) is 40.0 Å². The molecule has 0 aromatic carbocycles. The van der Waals surface area contributed by atoms with Crippen molar-refractivity contribution in [1.82, 2.24) is 0 Å². The first-order valence-corrected chi connectivity index (χ1v) is 8.02. The van der Waals surface area contributed by atoms with Gasteiger partial charge in [0.05, 0.1) is 0 Å². The number of hydrogen-bond acceptors (Lipinski definition) is 4. The Bertz CT molecular complexity index is 161. The van der Waals surface area contributed by atoms with Crippen LogP contribution in [0.5, 0.6) is 0 Å². The Morgan fingerprint density at radius 2 is 2.00 bits per heavy atom. The van der Waals surface area contributed by atoms with Gasteiger partial charge in [-0.25, -0.2) is 0 Å². The third-order valence-corrected chi connectivity index (χ3v) is 4.10. The van der Waals surface area contributed by atoms with Crippen molar-refractivity contribution in [3.8, 4) is 0 Å². The van der Waals surface area contributed by atoms with Gasteiger partial charge in [-0.15, -0.1) is 0 Å². The lowest BCUT2D eigenvalue weighted by molar-refractivity contribution is -0.122. The molecule has 0 saturated carbocycles. The highest BCUT2D eigenvalue weighted by atomic mass is 33.1. The van der Waals surface area contributed by atoms with E-state index in [0.29, 0.717) is 12.2 Å². The normalized spacial score (nSPS) is 10.9. The van der Waals surface area contributed by atoms with E-state index in [9.17, 15) is 4.79 Å². The summed E-state index contributed by atoms with van der Waals surface area (Å²) in [4.78, 5) is 11.3. The first-order chi connectivity index (χ1) is 7.18. The van der Waals surface area contributed by atoms with E-state index in [-0.39, 0.29) is 5.92 Å². The first-order valence-electron chi connectivity index (χ1n) is 5.53. The lowest BCUT2D eigenvalue weighted by Gasteiger charge is -2.04. The number of unbranched alkanes of at least 4 members (excludes halogenated alkanes) is 1. The number of Topliss-reactive ketones (excluding diaryl/α,β-unsaturated/α-hetero) is 1. The lowest BCUT2D eigenvalue weighted by atomic mass is 10.0. The predicted octanol–water partition coefficient (Wildman–Crippen LogP) is 3.76. The summed E-state index contributed by atoms with van der Waals surface area (Å²) < 4.78 is 5.41. The van der Waals surface area contributed by atoms with Crippen LogP contribution < -0.4 is 0 Å². The van der Waals surface area contributed by atoms with E-state index < -0.39 is 0 Å². The van der Waals surface area contributed by atoms with Crippen LogP contribution in [0.15, 0.2) is 0 Å². The molecule has 0 N–H and O–H groups in total. The molecule has 0 aliphatic heterocycles. The minimum absolute atomic E-state index is 0.183. The van der Waals surface area contributed by atoms with Gasteiger partial charge in [-0.1, -0.05) is 42.4 Å². The Morgan fingerprint density at radius 1 is 1.27 bits per heavy atom. The van der Waals surface area contributed by atoms with Crippen LogP contribution in [0.2, 0.25) is 0 Å². The lowest BCUT2D eigenvalue weighted by Crippen LogP contribution is -2.06. The van der Waals surface area contributed by atoms with Gasteiger partial charge in [0.25, 0.3) is 0 Å². The largest absolute Gasteiger partial charge is 0.370 e. The SMILES string of the molecule is CCSSCOCCCCC(=O)C(C)C. The van der Waals surface area contributed by atoms with Crippen LogP contribution in [0, 0.1) is 5.92 Å². The zero-order valence-electron chi connectivity index (χ0n) is 9.95. The molecule has 15 heavy (non-hydrogen) atoms. The number of rotatable bonds is 10. The van der Waals surface area contributed by atoms with E-state index in [1.54, 1.807) is 10.8 Å². The van der Waals surface area contributed by atoms with Crippen LogP contribution in [0.25, 0.3) is 0 Å². The number of carbonyl (C=O) groups excluding carboxylic acids is 1. The fourth-order valence-corrected chi connectivity index (χ4v) is 2.33. The Labute approximate surface area is 101 Å². The topological polar surface area (TPSA) is 26.3 Å². The highest BCUT2D eigenvalue weighted by molar-refractivity contribution is 8.76. The molecule has 0 fully saturated rings. The summed E-state index contributed by atoms with van der Waals surface area (Å²) in [6.45, 7) is 6.83. The van der Waals surface area contributed by atoms with Gasteiger partial charge < -0.3 is 4.74 Å². The van der Waals surface area contributed by atoms with Gasteiger partial charge in [-0.2, -0.15) is 0 Å². The van der Waals surface area contributed by atoms with Gasteiger partial charge in [-0.3, -0.25) is 4.79 Å². The van der Waals surface area contributed by atoms with Crippen molar-refractivity contribution in [1.29, 1.82) is 0 Å². The smallest absolute Gasteiger partial charge is 0.135 e. The molecule has 0 aromatic heterocycles. The van der Waals surface area contributed by atoms with Crippen molar-refractivity contribution in [2.75, 3.05) is 18.3 Å². The highest BCUT2D eigenvalue weighted by Crippen LogP contribution is 2.20. The summed E-state index contributed by atoms with van der Waals surface area (Å²) in [6.07, 6.45) is 2.66. The Balaban J connectivity index is 3.08. The van der Waals surface area contributed by atoms with Gasteiger partial charge in [0.2, 0.25) is 0 Å². The molecule has 0 unspecified atom stereocenters. The maximum absolute atomic E-state index is 11.3. The zero-order chi connectivity index (χ0) is 11.5. The second-order valence-electron chi connectivity index (χ2n) is 3.63. The summed E-state index contributed by atoms with van der Waals surface area (Å²) in [5, 5.41) is 0. The molecule has 0 saturated heterocycles. The van der Waals surface area contributed by atoms with Crippen molar-refractivity contribution in [2.24, 2.45) is 5.92 Å². The van der Waals surface area contributed by atoms with Crippen molar-refractivity contribution >= 4 is 27.4 Å². The van der Waals surface area contributed by atoms with Gasteiger partial charge in [0.1, 0.15) is 11.7 Å². The molecule has 0 bridgehead atoms. The van der Waals surface area contributed by atoms with Crippen LogP contribution in [0.3, 0.4) is 0 Å². The van der Waals surface area contributed by atoms with E-state index in [0.717, 1.165) is 31.1 Å². The fraction of sp³-hybridized carbons (Fsp3) is 0.909. The summed E-state index contributed by atoms with van der Waals surface area (Å²) in [5.41, 5.74) is 0. The Kier molecular flexibility index (Phi) is 11.1. The summed E-state index contributed by atoms with van der Waals surface area (Å²) >= 11 is 0. The Hall–Kier alpha value is 0.330. The fourth-order valence-electron chi connectivity index (χ4n) is 1.00. The zero-order valence-corrected chi connectivity index (χ0v) is 11.6. The van der Waals surface area contributed by atoms with Gasteiger partial charge in [0, 0.05) is 24.7 Å². The first kappa shape index (κ1) is 15.3. The van der Waals surface area contributed by atoms with E-state index >= 15 is 0 Å². The molecule has 0 radical (unpaired) electrons. The number of hydrogen-bond donors (Lipinski definition) is 0. The molecular formula is C11H22O2S2. The maximum atomic E-state index is 11.3. The van der Waals surface area contributed by atoms with Crippen molar-refractivity contribution in [3.05, 3.63) is 0 Å². The van der Waals surface area contributed by atoms with Crippen LogP contribution in [-0.4, -0.2) is 24.1 Å². The van der Waals surface area contributed by atoms with Crippen LogP contribution in [-0.2, 0) is 9.53 Å². The predicted molar refractivity (Wildman–Crippen MR) is 70.2 cm³/mol. The van der Waals surface area contributed by atoms with Crippen LogP contribution >= 0.6 is 21.6 Å². The molecule has 0 aliphatic rings. The molecule has 4 heteroatoms. The summed E-state index contributed by atoms with van der Waals surface area (Å²) in [7, 11) is 3.57. The minimum Gasteiger partial charge on any atom is -0.370 e. The molecule has 0 atom stereocenters. The molecular weight excluding hydrogens is 228 g/mol. The average molecular weight is 250 g/mol. The van der Waals surface area contributed by atoms with E-state index in [1.165, 1.54) is 0 Å². The quantitative estimate of drug-likeness (QED) is 0.335. The van der Waals surface area contributed by atoms with E-state index in [4.69, 9.17) is 4.74 Å². The molecule has 0 heterocycles. The third kappa shape index (κ3) is 10.6. The minimum atomic E-state index is 0.183. The molecule has 0 rings (SSSR count). The molecule has 0 aliphatic carbocycles. The second kappa shape index (κ2) is 10.8. The molecule has 0 spiro atoms. The van der Waals surface area contributed by atoms with Gasteiger partial charge >= 0.3 is 0 Å². The van der Waals surface area contributed by atoms with E-state index in [1.807, 2.05) is 24.6 Å². The molecule has 0 aromatic rings. The number of ketones is 1. The second-order valence-corrected chi connectivity index (χ2v) is 6.33. The molecule has 90 valence electrons. The van der Waals surface area contributed by atoms with Crippen LogP contribution in [0.4, 0.5) is 0 Å². The standard InChI is InChI=1S/C11H22O2S2/c1-4-14-15-9-13-8-6-5-7-11(12)10(2)3/h10H,4-9H2,1-3H3. The van der Waals surface area contributed by atoms with Crippen LogP contribution in [0.1, 0.15) is 40.0 Å². The van der Waals surface area contributed by atoms with Gasteiger partial charge in [0.15, 0.2) is 0 Å². The Morgan fingerprint density at radius 3 is 2.60 bits per heavy atom. The van der Waals surface area contributed by atoms with E-state index in [2.05, 4.69) is 6.92 Å². The monoisotopic (exact) mass is 250 g/mol. The number of carbonyl (C=O) groups is 1. The average Bonchev–Trinajstić information content (AvgIpc) is 2.21. The molecule has 2 nitrogen and oxygen atoms in total. The highest BCUT2D eigenvalue weighted by Gasteiger charge is 2.05. The third-order valence-electron chi connectivity index (χ3n) is 1.94. The number of ether oxygens (including phenoxy) is 1. The van der Waals surface area contributed by atoms with Crippen molar-refractivity contribution in [3.63, 3.8) is 0 Å². The molecule has 0 amide bonds. The summed E-state index contributed by atoms with van der Waals surface area (Å²) in [5.74, 6) is 2.43. The van der Waals surface area contributed by atoms with Crippen molar-refractivity contribution < 1.29 is 9.53 Å². The summed E-state index contributed by atoms with van der Waals surface area (Å²) in [6, 6.07) is 0. The van der Waals surface area contributed by atoms with Gasteiger partial charge in [-0.05, 0) is 12.8 Å².